The van der Waals surface area contributed by atoms with E-state index in [1.165, 1.54) is 0 Å². The molecule has 1 aromatic carbocycles. The van der Waals surface area contributed by atoms with E-state index in [9.17, 15) is 0 Å². The van der Waals surface area contributed by atoms with E-state index in [0.29, 0.717) is 0 Å². The van der Waals surface area contributed by atoms with Crippen LogP contribution in [0.5, 0.6) is 5.75 Å². The van der Waals surface area contributed by atoms with Crippen LogP contribution in [0.4, 0.5) is 0 Å². The maximum atomic E-state index is 5.38. The van der Waals surface area contributed by atoms with Gasteiger partial charge in [0.2, 0.25) is 0 Å². The van der Waals surface area contributed by atoms with Crippen LogP contribution in [0, 0.1) is 0 Å². The van der Waals surface area contributed by atoms with Crippen LogP contribution in [0.3, 0.4) is 0 Å². The summed E-state index contributed by atoms with van der Waals surface area (Å²) in [7, 11) is 4.11. The molecule has 0 atom stereocenters. The van der Waals surface area contributed by atoms with Crippen molar-refractivity contribution in [2.45, 2.75) is 10.9 Å². The molecular formula is C12H20O4SSi. The molecule has 4 nitrogen and oxygen atoms in total. The average molecular weight is 288 g/mol. The molecule has 0 fully saturated rings. The fraction of sp³-hybridized carbons (Fsp3) is 0.500. The Kier molecular flexibility index (Phi) is 6.73. The lowest BCUT2D eigenvalue weighted by Crippen LogP contribution is -2.43. The van der Waals surface area contributed by atoms with Gasteiger partial charge < -0.3 is 18.0 Å². The van der Waals surface area contributed by atoms with Crippen LogP contribution in [0.1, 0.15) is 0 Å². The maximum Gasteiger partial charge on any atom is 0.500 e. The molecule has 0 spiro atoms. The highest BCUT2D eigenvalue weighted by atomic mass is 32.2. The molecule has 6 heteroatoms. The standard InChI is InChI=1S/C12H20O4SSi/c1-13-11-7-5-6-8-12(11)17-9-10-18(14-2,15-3)16-4/h5-8H,9-10H2,1-4H3. The lowest BCUT2D eigenvalue weighted by atomic mass is 10.3. The van der Waals surface area contributed by atoms with E-state index < -0.39 is 8.80 Å². The monoisotopic (exact) mass is 288 g/mol. The van der Waals surface area contributed by atoms with E-state index in [1.807, 2.05) is 24.3 Å². The zero-order chi connectivity index (χ0) is 13.4. The van der Waals surface area contributed by atoms with Crippen molar-refractivity contribution in [1.82, 2.24) is 0 Å². The highest BCUT2D eigenvalue weighted by molar-refractivity contribution is 7.99. The van der Waals surface area contributed by atoms with E-state index in [1.54, 1.807) is 40.2 Å². The van der Waals surface area contributed by atoms with Gasteiger partial charge in [0.15, 0.2) is 0 Å². The van der Waals surface area contributed by atoms with Gasteiger partial charge in [-0.1, -0.05) is 12.1 Å². The molecular weight excluding hydrogens is 268 g/mol. The maximum absolute atomic E-state index is 5.38. The van der Waals surface area contributed by atoms with Crippen LogP contribution in [0.25, 0.3) is 0 Å². The second-order valence-electron chi connectivity index (χ2n) is 3.54. The SMILES string of the molecule is COc1ccccc1SCC[Si](OC)(OC)OC. The Hall–Kier alpha value is -0.533. The summed E-state index contributed by atoms with van der Waals surface area (Å²) in [5, 5.41) is 0. The summed E-state index contributed by atoms with van der Waals surface area (Å²) in [6, 6.07) is 8.72. The van der Waals surface area contributed by atoms with E-state index in [4.69, 9.17) is 18.0 Å². The van der Waals surface area contributed by atoms with Gasteiger partial charge >= 0.3 is 8.80 Å². The molecule has 0 aliphatic carbocycles. The van der Waals surface area contributed by atoms with Gasteiger partial charge in [-0.15, -0.1) is 11.8 Å². The topological polar surface area (TPSA) is 36.9 Å². The Balaban J connectivity index is 2.55. The summed E-state index contributed by atoms with van der Waals surface area (Å²) >= 11 is 1.71. The third-order valence-electron chi connectivity index (χ3n) is 2.67. The van der Waals surface area contributed by atoms with Gasteiger partial charge in [-0.2, -0.15) is 0 Å². The van der Waals surface area contributed by atoms with E-state index in [-0.39, 0.29) is 0 Å². The molecule has 18 heavy (non-hydrogen) atoms. The Morgan fingerprint density at radius 1 is 1.00 bits per heavy atom. The first-order valence-electron chi connectivity index (χ1n) is 5.62. The van der Waals surface area contributed by atoms with Crippen LogP contribution >= 0.6 is 11.8 Å². The molecule has 1 aromatic rings. The van der Waals surface area contributed by atoms with Crippen LogP contribution in [-0.4, -0.2) is 43.0 Å². The van der Waals surface area contributed by atoms with Crippen molar-refractivity contribution in [3.63, 3.8) is 0 Å². The van der Waals surface area contributed by atoms with Gasteiger partial charge in [-0.3, -0.25) is 0 Å². The molecule has 0 aromatic heterocycles. The van der Waals surface area contributed by atoms with Crippen LogP contribution in [-0.2, 0) is 13.3 Å². The van der Waals surface area contributed by atoms with Crippen molar-refractivity contribution < 1.29 is 18.0 Å². The second-order valence-corrected chi connectivity index (χ2v) is 7.77. The molecule has 0 amide bonds. The number of thioether (sulfide) groups is 1. The van der Waals surface area contributed by atoms with Gasteiger partial charge in [0.1, 0.15) is 5.75 Å². The Morgan fingerprint density at radius 3 is 2.17 bits per heavy atom. The van der Waals surface area contributed by atoms with Crippen LogP contribution in [0.15, 0.2) is 29.2 Å². The second kappa shape index (κ2) is 7.80. The number of para-hydroxylation sites is 1. The molecule has 0 aliphatic rings. The van der Waals surface area contributed by atoms with Gasteiger partial charge in [0, 0.05) is 38.0 Å². The fourth-order valence-electron chi connectivity index (χ4n) is 1.58. The Bertz CT molecular complexity index is 349. The summed E-state index contributed by atoms with van der Waals surface area (Å²) in [6.07, 6.45) is 0. The van der Waals surface area contributed by atoms with E-state index in [0.717, 1.165) is 22.4 Å². The molecule has 0 saturated heterocycles. The van der Waals surface area contributed by atoms with E-state index in [2.05, 4.69) is 0 Å². The normalized spacial score (nSPS) is 11.6. The molecule has 0 saturated carbocycles. The number of methoxy groups -OCH3 is 1. The van der Waals surface area contributed by atoms with Gasteiger partial charge in [-0.05, 0) is 12.1 Å². The lowest BCUT2D eigenvalue weighted by Gasteiger charge is -2.24. The zero-order valence-corrected chi connectivity index (χ0v) is 13.1. The van der Waals surface area contributed by atoms with Gasteiger partial charge in [-0.25, -0.2) is 0 Å². The first kappa shape index (κ1) is 15.5. The quantitative estimate of drug-likeness (QED) is 0.543. The third-order valence-corrected chi connectivity index (χ3v) is 6.82. The van der Waals surface area contributed by atoms with Crippen molar-refractivity contribution in [1.29, 1.82) is 0 Å². The minimum absolute atomic E-state index is 0.763. The van der Waals surface area contributed by atoms with Crippen molar-refractivity contribution in [2.24, 2.45) is 0 Å². The first-order valence-corrected chi connectivity index (χ1v) is 8.54. The van der Waals surface area contributed by atoms with Crippen molar-refractivity contribution in [3.8, 4) is 5.75 Å². The highest BCUT2D eigenvalue weighted by Gasteiger charge is 2.37. The van der Waals surface area contributed by atoms with Crippen molar-refractivity contribution in [3.05, 3.63) is 24.3 Å². The van der Waals surface area contributed by atoms with Crippen LogP contribution < -0.4 is 4.74 Å². The average Bonchev–Trinajstić information content (AvgIpc) is 2.44. The first-order chi connectivity index (χ1) is 8.71. The fourth-order valence-corrected chi connectivity index (χ4v) is 4.79. The summed E-state index contributed by atoms with van der Waals surface area (Å²) < 4.78 is 21.4. The van der Waals surface area contributed by atoms with Crippen LogP contribution in [0.2, 0.25) is 6.04 Å². The molecule has 0 heterocycles. The molecule has 0 radical (unpaired) electrons. The summed E-state index contributed by atoms with van der Waals surface area (Å²) in [6.45, 7) is 0. The molecule has 0 aliphatic heterocycles. The molecule has 0 N–H and O–H groups in total. The molecule has 1 rings (SSSR count). The summed E-state index contributed by atoms with van der Waals surface area (Å²) in [4.78, 5) is 1.12. The molecule has 102 valence electrons. The highest BCUT2D eigenvalue weighted by Crippen LogP contribution is 2.30. The molecule has 0 bridgehead atoms. The Labute approximate surface area is 114 Å². The van der Waals surface area contributed by atoms with Gasteiger partial charge in [0.25, 0.3) is 0 Å². The largest absolute Gasteiger partial charge is 0.500 e. The Morgan fingerprint density at radius 2 is 1.61 bits per heavy atom. The van der Waals surface area contributed by atoms with E-state index >= 15 is 0 Å². The number of rotatable bonds is 8. The lowest BCUT2D eigenvalue weighted by molar-refractivity contribution is 0.125. The third kappa shape index (κ3) is 3.99. The number of ether oxygens (including phenoxy) is 1. The molecule has 0 unspecified atom stereocenters. The summed E-state index contributed by atoms with van der Waals surface area (Å²) in [5.41, 5.74) is 0. The minimum Gasteiger partial charge on any atom is -0.496 e. The summed E-state index contributed by atoms with van der Waals surface area (Å²) in [5.74, 6) is 1.75. The smallest absolute Gasteiger partial charge is 0.496 e. The number of hydrogen-bond donors (Lipinski definition) is 0. The zero-order valence-electron chi connectivity index (χ0n) is 11.3. The van der Waals surface area contributed by atoms with Gasteiger partial charge in [0.05, 0.1) is 7.11 Å². The van der Waals surface area contributed by atoms with Crippen molar-refractivity contribution in [2.75, 3.05) is 34.2 Å². The number of benzene rings is 1. The minimum atomic E-state index is -2.46. The number of hydrogen-bond acceptors (Lipinski definition) is 5. The predicted molar refractivity (Wildman–Crippen MR) is 75.3 cm³/mol. The van der Waals surface area contributed by atoms with Crippen molar-refractivity contribution >= 4 is 20.6 Å². The predicted octanol–water partition coefficient (Wildman–Crippen LogP) is 2.67.